The normalized spacial score (nSPS) is 9.29. The number of hydrogen-bond acceptors (Lipinski definition) is 2. The molecule has 0 aliphatic carbocycles. The minimum atomic E-state index is -0.0810. The summed E-state index contributed by atoms with van der Waals surface area (Å²) in [5.41, 5.74) is 0. The molecular formula is C4HClN2. The van der Waals surface area contributed by atoms with E-state index in [-0.39, 0.29) is 5.03 Å². The van der Waals surface area contributed by atoms with Crippen molar-refractivity contribution >= 4 is 11.6 Å². The molecule has 0 aliphatic rings. The zero-order chi connectivity index (χ0) is 5.70. The fourth-order valence-electron chi connectivity index (χ4n) is 0.0889. The molecule has 0 N–H and O–H groups in total. The van der Waals surface area contributed by atoms with Crippen LogP contribution < -0.4 is 0 Å². The maximum atomic E-state index is 7.86. The molecule has 0 aromatic carbocycles. The van der Waals surface area contributed by atoms with Gasteiger partial charge in [-0.15, -0.1) is 0 Å². The van der Waals surface area contributed by atoms with Gasteiger partial charge in [-0.3, -0.25) is 0 Å². The molecule has 0 heterocycles. The van der Waals surface area contributed by atoms with Gasteiger partial charge in [-0.25, -0.2) is 0 Å². The van der Waals surface area contributed by atoms with Gasteiger partial charge in [0.2, 0.25) is 0 Å². The van der Waals surface area contributed by atoms with Crippen molar-refractivity contribution in [2.45, 2.75) is 0 Å². The lowest BCUT2D eigenvalue weighted by molar-refractivity contribution is 1.51. The molecular weight excluding hydrogens is 112 g/mol. The second kappa shape index (κ2) is 3.21. The maximum absolute atomic E-state index is 7.86. The van der Waals surface area contributed by atoms with E-state index in [4.69, 9.17) is 22.1 Å². The van der Waals surface area contributed by atoms with Crippen molar-refractivity contribution < 1.29 is 0 Å². The third kappa shape index (κ3) is 2.82. The first-order chi connectivity index (χ1) is 3.31. The van der Waals surface area contributed by atoms with E-state index in [2.05, 4.69) is 0 Å². The van der Waals surface area contributed by atoms with Gasteiger partial charge in [0.1, 0.15) is 11.1 Å². The van der Waals surface area contributed by atoms with E-state index in [9.17, 15) is 0 Å². The van der Waals surface area contributed by atoms with Crippen LogP contribution >= 0.6 is 11.6 Å². The Morgan fingerprint density at radius 1 is 1.57 bits per heavy atom. The molecule has 0 aromatic rings. The Balaban J connectivity index is 3.89. The standard InChI is InChI=1S/C4HClN2/c5-4(3-7)1-2-6/h1H/b4-1-. The van der Waals surface area contributed by atoms with Crippen LogP contribution in [0, 0.1) is 22.7 Å². The summed E-state index contributed by atoms with van der Waals surface area (Å²) in [6.07, 6.45) is 0.974. The van der Waals surface area contributed by atoms with Gasteiger partial charge < -0.3 is 0 Å². The quantitative estimate of drug-likeness (QED) is 0.442. The lowest BCUT2D eigenvalue weighted by Crippen LogP contribution is -1.55. The van der Waals surface area contributed by atoms with Gasteiger partial charge in [-0.05, 0) is 0 Å². The predicted molar refractivity (Wildman–Crippen MR) is 25.2 cm³/mol. The Morgan fingerprint density at radius 3 is 2.29 bits per heavy atom. The summed E-state index contributed by atoms with van der Waals surface area (Å²) in [5, 5.41) is 15.6. The Kier molecular flexibility index (Phi) is 2.76. The SMILES string of the molecule is N#C/C=C(\Cl)C#N. The second-order valence-corrected chi connectivity index (χ2v) is 1.14. The van der Waals surface area contributed by atoms with Crippen LogP contribution in [0.25, 0.3) is 0 Å². The van der Waals surface area contributed by atoms with Crippen molar-refractivity contribution in [2.24, 2.45) is 0 Å². The summed E-state index contributed by atoms with van der Waals surface area (Å²) in [6, 6.07) is 3.17. The van der Waals surface area contributed by atoms with Crippen molar-refractivity contribution in [3.63, 3.8) is 0 Å². The van der Waals surface area contributed by atoms with Gasteiger partial charge in [0.25, 0.3) is 0 Å². The molecule has 0 aromatic heterocycles. The van der Waals surface area contributed by atoms with Crippen LogP contribution in [0.5, 0.6) is 0 Å². The van der Waals surface area contributed by atoms with E-state index in [0.29, 0.717) is 0 Å². The van der Waals surface area contributed by atoms with Gasteiger partial charge in [0, 0.05) is 6.08 Å². The number of hydrogen-bond donors (Lipinski definition) is 0. The van der Waals surface area contributed by atoms with Gasteiger partial charge in [-0.1, -0.05) is 11.6 Å². The Labute approximate surface area is 46.2 Å². The summed E-state index contributed by atoms with van der Waals surface area (Å²) in [6.45, 7) is 0. The highest BCUT2D eigenvalue weighted by Crippen LogP contribution is 1.94. The van der Waals surface area contributed by atoms with Gasteiger partial charge in [-0.2, -0.15) is 10.5 Å². The summed E-state index contributed by atoms with van der Waals surface area (Å²) < 4.78 is 0. The molecule has 0 spiro atoms. The van der Waals surface area contributed by atoms with Gasteiger partial charge in [0.05, 0.1) is 6.07 Å². The van der Waals surface area contributed by atoms with Crippen LogP contribution in [0.1, 0.15) is 0 Å². The Morgan fingerprint density at radius 2 is 2.14 bits per heavy atom. The molecule has 0 unspecified atom stereocenters. The molecule has 0 radical (unpaired) electrons. The molecule has 0 saturated carbocycles. The summed E-state index contributed by atoms with van der Waals surface area (Å²) in [5.74, 6) is 0. The van der Waals surface area contributed by atoms with Crippen molar-refractivity contribution in [3.8, 4) is 12.1 Å². The lowest BCUT2D eigenvalue weighted by atomic mass is 10.6. The van der Waals surface area contributed by atoms with Crippen molar-refractivity contribution in [3.05, 3.63) is 11.1 Å². The van der Waals surface area contributed by atoms with E-state index in [1.54, 1.807) is 12.1 Å². The van der Waals surface area contributed by atoms with Crippen LogP contribution in [-0.4, -0.2) is 0 Å². The van der Waals surface area contributed by atoms with Gasteiger partial charge in [0.15, 0.2) is 0 Å². The first-order valence-electron chi connectivity index (χ1n) is 1.46. The van der Waals surface area contributed by atoms with Crippen molar-refractivity contribution in [1.29, 1.82) is 10.5 Å². The molecule has 7 heavy (non-hydrogen) atoms. The van der Waals surface area contributed by atoms with E-state index in [1.165, 1.54) is 0 Å². The van der Waals surface area contributed by atoms with E-state index < -0.39 is 0 Å². The number of rotatable bonds is 0. The first-order valence-corrected chi connectivity index (χ1v) is 1.84. The average Bonchev–Trinajstić information content (AvgIpc) is 1.68. The van der Waals surface area contributed by atoms with Crippen LogP contribution in [0.4, 0.5) is 0 Å². The molecule has 34 valence electrons. The smallest absolute Gasteiger partial charge is 0.128 e. The van der Waals surface area contributed by atoms with Crippen LogP contribution in [0.15, 0.2) is 11.1 Å². The fraction of sp³-hybridized carbons (Fsp3) is 0. The Hall–Kier alpha value is -0.990. The van der Waals surface area contributed by atoms with Crippen molar-refractivity contribution in [2.75, 3.05) is 0 Å². The van der Waals surface area contributed by atoms with Crippen LogP contribution in [-0.2, 0) is 0 Å². The van der Waals surface area contributed by atoms with Gasteiger partial charge >= 0.3 is 0 Å². The largest absolute Gasteiger partial charge is 0.193 e. The molecule has 0 bridgehead atoms. The minimum Gasteiger partial charge on any atom is -0.193 e. The summed E-state index contributed by atoms with van der Waals surface area (Å²) >= 11 is 5.04. The van der Waals surface area contributed by atoms with E-state index in [0.717, 1.165) is 6.08 Å². The highest BCUT2D eigenvalue weighted by atomic mass is 35.5. The predicted octanol–water partition coefficient (Wildman–Crippen LogP) is 1.16. The van der Waals surface area contributed by atoms with E-state index >= 15 is 0 Å². The fourth-order valence-corrected chi connectivity index (χ4v) is 0.138. The molecule has 0 amide bonds. The maximum Gasteiger partial charge on any atom is 0.128 e. The van der Waals surface area contributed by atoms with Crippen molar-refractivity contribution in [1.82, 2.24) is 0 Å². The molecule has 0 atom stereocenters. The average molecular weight is 113 g/mol. The third-order valence-corrected chi connectivity index (χ3v) is 0.492. The third-order valence-electron chi connectivity index (χ3n) is 0.298. The van der Waals surface area contributed by atoms with Crippen LogP contribution in [0.3, 0.4) is 0 Å². The molecule has 3 heteroatoms. The highest BCUT2D eigenvalue weighted by Gasteiger charge is 1.79. The monoisotopic (exact) mass is 112 g/mol. The first kappa shape index (κ1) is 6.01. The minimum absolute atomic E-state index is 0.0810. The Bertz CT molecular complexity index is 158. The highest BCUT2D eigenvalue weighted by molar-refractivity contribution is 6.32. The second-order valence-electron chi connectivity index (χ2n) is 0.733. The van der Waals surface area contributed by atoms with Crippen LogP contribution in [0.2, 0.25) is 0 Å². The zero-order valence-electron chi connectivity index (χ0n) is 3.35. The molecule has 0 aliphatic heterocycles. The number of halogens is 1. The topological polar surface area (TPSA) is 47.6 Å². The summed E-state index contributed by atoms with van der Waals surface area (Å²) in [7, 11) is 0. The zero-order valence-corrected chi connectivity index (χ0v) is 4.11. The molecule has 0 saturated heterocycles. The number of nitrogens with zero attached hydrogens (tertiary/aromatic N) is 2. The number of allylic oxidation sites excluding steroid dienone is 2. The summed E-state index contributed by atoms with van der Waals surface area (Å²) in [4.78, 5) is 0. The molecule has 0 fully saturated rings. The lowest BCUT2D eigenvalue weighted by Gasteiger charge is -1.65. The number of nitriles is 2. The van der Waals surface area contributed by atoms with E-state index in [1.807, 2.05) is 0 Å². The molecule has 2 nitrogen and oxygen atoms in total. The molecule has 0 rings (SSSR count).